The number of aliphatic carboxylic acids is 7. The van der Waals surface area contributed by atoms with Crippen molar-refractivity contribution in [3.8, 4) is 0 Å². The van der Waals surface area contributed by atoms with Crippen LogP contribution in [0.4, 0.5) is 0 Å². The largest absolute Gasteiger partial charge is 0.481 e. The summed E-state index contributed by atoms with van der Waals surface area (Å²) in [6.45, 7) is 1.70. The SMILES string of the molecule is Cc1c(CCC(=O)O)c2cc3nc(cc4[nH]c(cc5nc(cc1[nH]2)C(CCC(=O)O)=C5CC(=O)O)c(CCC(=O)O)c4CC(=O)O)C(CCC(=O)O)=C3CC(=O)O. The van der Waals surface area contributed by atoms with Crippen LogP contribution in [-0.2, 0) is 52.8 Å². The number of hydrogen-bond donors (Lipinski definition) is 9. The van der Waals surface area contributed by atoms with Gasteiger partial charge in [-0.2, -0.15) is 0 Å². The van der Waals surface area contributed by atoms with Crippen molar-refractivity contribution >= 4 is 86.1 Å². The Hall–Kier alpha value is -7.11. The molecule has 0 atom stereocenters. The van der Waals surface area contributed by atoms with Crippen LogP contribution in [0.2, 0.25) is 0 Å². The third kappa shape index (κ3) is 9.77. The van der Waals surface area contributed by atoms with Crippen LogP contribution in [0.5, 0.6) is 0 Å². The van der Waals surface area contributed by atoms with E-state index in [0.29, 0.717) is 22.2 Å². The first-order valence-corrected chi connectivity index (χ1v) is 17.6. The van der Waals surface area contributed by atoms with Crippen molar-refractivity contribution < 1.29 is 69.3 Å². The summed E-state index contributed by atoms with van der Waals surface area (Å²) in [6.07, 6.45) is -3.92. The van der Waals surface area contributed by atoms with Gasteiger partial charge in [0, 0.05) is 47.8 Å². The Morgan fingerprint density at radius 1 is 0.421 bits per heavy atom. The number of hydrogen-bond acceptors (Lipinski definition) is 9. The Labute approximate surface area is 321 Å². The molecule has 5 rings (SSSR count). The van der Waals surface area contributed by atoms with Crippen molar-refractivity contribution in [2.75, 3.05) is 0 Å². The highest BCUT2D eigenvalue weighted by Crippen LogP contribution is 2.39. The summed E-state index contributed by atoms with van der Waals surface area (Å²) >= 11 is 0. The predicted molar refractivity (Wildman–Crippen MR) is 201 cm³/mol. The molecule has 18 nitrogen and oxygen atoms in total. The summed E-state index contributed by atoms with van der Waals surface area (Å²) in [4.78, 5) is 99.6. The van der Waals surface area contributed by atoms with Crippen molar-refractivity contribution in [2.24, 2.45) is 0 Å². The molecule has 9 N–H and O–H groups in total. The van der Waals surface area contributed by atoms with E-state index in [1.807, 2.05) is 0 Å². The highest BCUT2D eigenvalue weighted by Gasteiger charge is 2.27. The van der Waals surface area contributed by atoms with Crippen molar-refractivity contribution in [2.45, 2.75) is 77.6 Å². The third-order valence-electron chi connectivity index (χ3n) is 9.65. The van der Waals surface area contributed by atoms with Crippen LogP contribution in [-0.4, -0.2) is 97.5 Å². The number of nitrogens with one attached hydrogen (secondary N) is 2. The first-order chi connectivity index (χ1) is 26.9. The molecule has 0 spiro atoms. The zero-order chi connectivity index (χ0) is 41.7. The molecule has 0 fully saturated rings. The van der Waals surface area contributed by atoms with E-state index in [2.05, 4.69) is 9.97 Å². The molecule has 3 aromatic rings. The van der Waals surface area contributed by atoms with Gasteiger partial charge in [0.15, 0.2) is 0 Å². The zero-order valence-electron chi connectivity index (χ0n) is 30.5. The standard InChI is InChI=1S/C39H38N4O14/c1-17-18(2-6-33(44)45)26-14-30-23(11-38(54)55)20(4-8-35(48)49)28(42-30)16-32-24(12-39(56)57)21(5-9-36(50)51)29(43-32)15-31-22(10-37(52)53)19(3-7-34(46)47)27(41-31)13-25(17)40-26/h13-16,40,43H,2-12H2,1H3,(H,44,45)(H,46,47)(H,48,49)(H,50,51)(H,52,53)(H,54,55)(H,56,57). The number of carboxylic acids is 7. The fourth-order valence-electron chi connectivity index (χ4n) is 7.13. The molecule has 8 bridgehead atoms. The minimum absolute atomic E-state index is 0.00337. The Balaban J connectivity index is 2.04. The smallest absolute Gasteiger partial charge is 0.307 e. The highest BCUT2D eigenvalue weighted by atomic mass is 16.4. The van der Waals surface area contributed by atoms with E-state index in [-0.39, 0.29) is 99.3 Å². The normalized spacial score (nSPS) is 12.5. The summed E-state index contributed by atoms with van der Waals surface area (Å²) in [6, 6.07) is 5.90. The molecular weight excluding hydrogens is 748 g/mol. The van der Waals surface area contributed by atoms with Gasteiger partial charge < -0.3 is 45.7 Å². The van der Waals surface area contributed by atoms with Crippen molar-refractivity contribution in [1.29, 1.82) is 0 Å². The van der Waals surface area contributed by atoms with Crippen molar-refractivity contribution in [1.82, 2.24) is 19.9 Å². The van der Waals surface area contributed by atoms with E-state index in [1.54, 1.807) is 13.0 Å². The molecule has 57 heavy (non-hydrogen) atoms. The first kappa shape index (κ1) is 41.1. The Morgan fingerprint density at radius 2 is 0.754 bits per heavy atom. The number of H-pyrrole nitrogens is 2. The molecule has 2 aliphatic heterocycles. The maximum Gasteiger partial charge on any atom is 0.307 e. The average molecular weight is 787 g/mol. The molecule has 0 unspecified atom stereocenters. The predicted octanol–water partition coefficient (Wildman–Crippen LogP) is 4.79. The number of nitrogens with zero attached hydrogens (tertiary/aromatic N) is 2. The van der Waals surface area contributed by atoms with Gasteiger partial charge in [0.25, 0.3) is 0 Å². The van der Waals surface area contributed by atoms with Crippen molar-refractivity contribution in [3.05, 3.63) is 69.3 Å². The van der Waals surface area contributed by atoms with Gasteiger partial charge >= 0.3 is 41.8 Å². The van der Waals surface area contributed by atoms with Gasteiger partial charge in [-0.25, -0.2) is 9.97 Å². The second-order valence-corrected chi connectivity index (χ2v) is 13.5. The summed E-state index contributed by atoms with van der Waals surface area (Å²) in [5, 5.41) is 68.4. The van der Waals surface area contributed by atoms with Crippen LogP contribution in [0.3, 0.4) is 0 Å². The summed E-state index contributed by atoms with van der Waals surface area (Å²) in [7, 11) is 0. The summed E-state index contributed by atoms with van der Waals surface area (Å²) in [5.74, 6) is -8.49. The van der Waals surface area contributed by atoms with E-state index >= 15 is 0 Å². The van der Waals surface area contributed by atoms with E-state index < -0.39 is 80.3 Å². The zero-order valence-corrected chi connectivity index (χ0v) is 30.5. The van der Waals surface area contributed by atoms with Crippen LogP contribution in [0.15, 0.2) is 24.3 Å². The highest BCUT2D eigenvalue weighted by molar-refractivity contribution is 6.02. The van der Waals surface area contributed by atoms with E-state index in [0.717, 1.165) is 0 Å². The van der Waals surface area contributed by atoms with E-state index in [9.17, 15) is 69.3 Å². The molecule has 0 saturated heterocycles. The number of aromatic amines is 2. The molecule has 0 aliphatic carbocycles. The molecule has 3 aromatic heterocycles. The molecule has 2 aliphatic rings. The van der Waals surface area contributed by atoms with Gasteiger partial charge in [-0.1, -0.05) is 0 Å². The maximum absolute atomic E-state index is 12.3. The number of rotatable bonds is 18. The monoisotopic (exact) mass is 786 g/mol. The fraction of sp³-hybridized carbons (Fsp3) is 0.308. The minimum Gasteiger partial charge on any atom is -0.481 e. The Morgan fingerprint density at radius 3 is 1.18 bits per heavy atom. The molecule has 0 aromatic carbocycles. The second kappa shape index (κ2) is 17.1. The van der Waals surface area contributed by atoms with Gasteiger partial charge in [-0.15, -0.1) is 0 Å². The lowest BCUT2D eigenvalue weighted by atomic mass is 9.96. The topological polar surface area (TPSA) is 318 Å². The summed E-state index contributed by atoms with van der Waals surface area (Å²) < 4.78 is 0. The number of carbonyl (C=O) groups is 7. The molecule has 0 radical (unpaired) electrons. The van der Waals surface area contributed by atoms with Crippen LogP contribution < -0.4 is 0 Å². The minimum atomic E-state index is -1.29. The van der Waals surface area contributed by atoms with Crippen LogP contribution in [0.25, 0.3) is 44.4 Å². The van der Waals surface area contributed by atoms with Crippen LogP contribution in [0.1, 0.15) is 96.4 Å². The molecular formula is C39H38N4O14. The van der Waals surface area contributed by atoms with Crippen molar-refractivity contribution in [3.63, 3.8) is 0 Å². The maximum atomic E-state index is 12.3. The number of allylic oxidation sites excluding steroid dienone is 2. The molecule has 18 heteroatoms. The lowest BCUT2D eigenvalue weighted by Gasteiger charge is -2.06. The second-order valence-electron chi connectivity index (χ2n) is 13.5. The van der Waals surface area contributed by atoms with Crippen LogP contribution in [0, 0.1) is 6.92 Å². The first-order valence-electron chi connectivity index (χ1n) is 17.6. The summed E-state index contributed by atoms with van der Waals surface area (Å²) in [5.41, 5.74) is 3.68. The Bertz CT molecular complexity index is 2470. The molecule has 298 valence electrons. The van der Waals surface area contributed by atoms with E-state index in [4.69, 9.17) is 9.97 Å². The van der Waals surface area contributed by atoms with Gasteiger partial charge in [0.05, 0.1) is 42.0 Å². The lowest BCUT2D eigenvalue weighted by Crippen LogP contribution is -2.04. The molecule has 0 amide bonds. The molecule has 5 heterocycles. The van der Waals surface area contributed by atoms with E-state index in [1.165, 1.54) is 18.2 Å². The van der Waals surface area contributed by atoms with Gasteiger partial charge in [0.2, 0.25) is 0 Å². The van der Waals surface area contributed by atoms with Gasteiger partial charge in [-0.3, -0.25) is 33.6 Å². The lowest BCUT2D eigenvalue weighted by molar-refractivity contribution is -0.138. The van der Waals surface area contributed by atoms with Crippen LogP contribution >= 0.6 is 0 Å². The Kier molecular flexibility index (Phi) is 12.3. The number of aryl methyl sites for hydroxylation is 3. The quantitative estimate of drug-likeness (QED) is 0.0837. The third-order valence-corrected chi connectivity index (χ3v) is 9.65. The number of fused-ring (bicyclic) bond motifs is 8. The van der Waals surface area contributed by atoms with Gasteiger partial charge in [-0.05, 0) is 101 Å². The number of aromatic nitrogens is 4. The fourth-order valence-corrected chi connectivity index (χ4v) is 7.13. The average Bonchev–Trinajstić information content (AvgIpc) is 3.77. The molecule has 0 saturated carbocycles. The van der Waals surface area contributed by atoms with Gasteiger partial charge in [0.1, 0.15) is 0 Å². The number of carboxylic acid groups (broad SMARTS) is 7.